The second-order valence-electron chi connectivity index (χ2n) is 5.88. The molecule has 5 nitrogen and oxygen atoms in total. The molecule has 2 aromatic rings. The molecule has 0 aliphatic carbocycles. The van der Waals surface area contributed by atoms with Gasteiger partial charge >= 0.3 is 5.97 Å². The fraction of sp³-hybridized carbons (Fsp3) is 0.300. The molecular formula is C20H23ClN2O3. The topological polar surface area (TPSA) is 51.1 Å². The number of hydrogen-bond donors (Lipinski definition) is 0. The Hall–Kier alpha value is -2.53. The molecule has 6 heteroatoms. The zero-order chi connectivity index (χ0) is 19.1. The Labute approximate surface area is 159 Å². The first-order valence-electron chi connectivity index (χ1n) is 8.29. The number of carbonyl (C=O) groups is 1. The van der Waals surface area contributed by atoms with Crippen molar-refractivity contribution in [3.63, 3.8) is 0 Å². The van der Waals surface area contributed by atoms with Crippen molar-refractivity contribution in [2.24, 2.45) is 4.99 Å². The Morgan fingerprint density at radius 1 is 1.27 bits per heavy atom. The van der Waals surface area contributed by atoms with E-state index in [9.17, 15) is 4.79 Å². The fourth-order valence-corrected chi connectivity index (χ4v) is 2.34. The molecule has 0 amide bonds. The molecular weight excluding hydrogens is 352 g/mol. The summed E-state index contributed by atoms with van der Waals surface area (Å²) in [7, 11) is 3.40. The molecule has 2 rings (SSSR count). The highest BCUT2D eigenvalue weighted by Gasteiger charge is 2.17. The second kappa shape index (κ2) is 9.25. The van der Waals surface area contributed by atoms with E-state index in [4.69, 9.17) is 21.1 Å². The summed E-state index contributed by atoms with van der Waals surface area (Å²) < 4.78 is 10.7. The molecule has 0 atom stereocenters. The van der Waals surface area contributed by atoms with Crippen molar-refractivity contribution in [3.05, 3.63) is 58.1 Å². The number of esters is 1. The summed E-state index contributed by atoms with van der Waals surface area (Å²) in [4.78, 5) is 18.7. The van der Waals surface area contributed by atoms with Crippen LogP contribution in [0.4, 0.5) is 5.69 Å². The van der Waals surface area contributed by atoms with E-state index in [0.717, 1.165) is 17.7 Å². The molecule has 0 radical (unpaired) electrons. The molecule has 0 aliphatic rings. The number of nitrogens with zero attached hydrogens (tertiary/aromatic N) is 2. The van der Waals surface area contributed by atoms with E-state index >= 15 is 0 Å². The molecule has 26 heavy (non-hydrogen) atoms. The molecule has 0 aliphatic heterocycles. The van der Waals surface area contributed by atoms with Crippen LogP contribution in [-0.4, -0.2) is 37.9 Å². The summed E-state index contributed by atoms with van der Waals surface area (Å²) in [5.41, 5.74) is 2.86. The molecule has 0 bridgehead atoms. The van der Waals surface area contributed by atoms with E-state index in [0.29, 0.717) is 16.5 Å². The minimum atomic E-state index is -0.495. The molecule has 0 aromatic heterocycles. The predicted octanol–water partition coefficient (Wildman–Crippen LogP) is 4.63. The number of ether oxygens (including phenoxy) is 2. The van der Waals surface area contributed by atoms with Gasteiger partial charge in [0.1, 0.15) is 17.9 Å². The molecule has 138 valence electrons. The Kier molecular flexibility index (Phi) is 7.04. The Morgan fingerprint density at radius 2 is 1.96 bits per heavy atom. The maximum Gasteiger partial charge on any atom is 0.342 e. The Bertz CT molecular complexity index is 788. The first-order valence-corrected chi connectivity index (χ1v) is 8.67. The van der Waals surface area contributed by atoms with Crippen molar-refractivity contribution in [3.8, 4) is 5.75 Å². The third-order valence-electron chi connectivity index (χ3n) is 3.87. The van der Waals surface area contributed by atoms with Gasteiger partial charge in [-0.05, 0) is 25.5 Å². The van der Waals surface area contributed by atoms with Gasteiger partial charge in [-0.2, -0.15) is 0 Å². The molecule has 0 saturated heterocycles. The zero-order valence-corrected chi connectivity index (χ0v) is 16.2. The molecule has 0 saturated carbocycles. The van der Waals surface area contributed by atoms with Crippen LogP contribution in [0.1, 0.15) is 28.4 Å². The van der Waals surface area contributed by atoms with Crippen molar-refractivity contribution in [1.82, 2.24) is 4.90 Å². The van der Waals surface area contributed by atoms with Crippen LogP contribution < -0.4 is 4.74 Å². The lowest BCUT2D eigenvalue weighted by atomic mass is 10.1. The van der Waals surface area contributed by atoms with Gasteiger partial charge in [0.2, 0.25) is 0 Å². The third kappa shape index (κ3) is 5.23. The Balaban J connectivity index is 2.17. The van der Waals surface area contributed by atoms with Gasteiger partial charge in [-0.3, -0.25) is 0 Å². The van der Waals surface area contributed by atoms with Gasteiger partial charge in [-0.15, -0.1) is 0 Å². The van der Waals surface area contributed by atoms with E-state index in [1.54, 1.807) is 12.4 Å². The molecule has 0 fully saturated rings. The Morgan fingerprint density at radius 3 is 2.58 bits per heavy atom. The highest BCUT2D eigenvalue weighted by atomic mass is 35.5. The minimum absolute atomic E-state index is 0.182. The lowest BCUT2D eigenvalue weighted by molar-refractivity contribution is 0.0469. The highest BCUT2D eigenvalue weighted by molar-refractivity contribution is 6.33. The first kappa shape index (κ1) is 19.8. The van der Waals surface area contributed by atoms with Crippen molar-refractivity contribution in [1.29, 1.82) is 0 Å². The van der Waals surface area contributed by atoms with Crippen LogP contribution in [0.25, 0.3) is 0 Å². The van der Waals surface area contributed by atoms with Crippen LogP contribution in [-0.2, 0) is 11.3 Å². The minimum Gasteiger partial charge on any atom is -0.496 e. The molecule has 0 unspecified atom stereocenters. The first-order chi connectivity index (χ1) is 12.4. The van der Waals surface area contributed by atoms with Gasteiger partial charge in [-0.1, -0.05) is 41.4 Å². The number of halogens is 1. The van der Waals surface area contributed by atoms with Crippen molar-refractivity contribution < 1.29 is 14.3 Å². The quantitative estimate of drug-likeness (QED) is 0.403. The average molecular weight is 375 g/mol. The smallest absolute Gasteiger partial charge is 0.342 e. The monoisotopic (exact) mass is 374 g/mol. The lowest BCUT2D eigenvalue weighted by Crippen LogP contribution is -2.14. The van der Waals surface area contributed by atoms with Crippen molar-refractivity contribution in [2.75, 3.05) is 20.7 Å². The predicted molar refractivity (Wildman–Crippen MR) is 105 cm³/mol. The van der Waals surface area contributed by atoms with Crippen LogP contribution in [0, 0.1) is 6.92 Å². The standard InChI is InChI=1S/C20H23ClN2O3/c1-5-23(3)13-22-18-11-19(25-4)16(10-17(18)21)20(24)26-12-15-8-6-14(2)7-9-15/h6-11,13H,5,12H2,1-4H3/b22-13+. The average Bonchev–Trinajstić information content (AvgIpc) is 2.65. The van der Waals surface area contributed by atoms with E-state index < -0.39 is 5.97 Å². The van der Waals surface area contributed by atoms with Crippen LogP contribution in [0.2, 0.25) is 5.02 Å². The molecule has 2 aromatic carbocycles. The summed E-state index contributed by atoms with van der Waals surface area (Å²) in [6.45, 7) is 5.02. The van der Waals surface area contributed by atoms with Gasteiger partial charge in [0, 0.05) is 19.7 Å². The number of hydrogen-bond acceptors (Lipinski definition) is 4. The second-order valence-corrected chi connectivity index (χ2v) is 6.29. The number of aryl methyl sites for hydroxylation is 1. The molecule has 0 spiro atoms. The number of rotatable bonds is 7. The van der Waals surface area contributed by atoms with E-state index in [2.05, 4.69) is 4.99 Å². The maximum absolute atomic E-state index is 12.4. The SMILES string of the molecule is CCN(C)/C=N/c1cc(OC)c(C(=O)OCc2ccc(C)cc2)cc1Cl. The number of benzene rings is 2. The van der Waals surface area contributed by atoms with Gasteiger partial charge in [0.15, 0.2) is 0 Å². The zero-order valence-electron chi connectivity index (χ0n) is 15.5. The van der Waals surface area contributed by atoms with Gasteiger partial charge < -0.3 is 14.4 Å². The maximum atomic E-state index is 12.4. The third-order valence-corrected chi connectivity index (χ3v) is 4.17. The van der Waals surface area contributed by atoms with Gasteiger partial charge in [-0.25, -0.2) is 9.79 Å². The number of aliphatic imine (C=N–C) groups is 1. The summed E-state index contributed by atoms with van der Waals surface area (Å²) >= 11 is 6.27. The van der Waals surface area contributed by atoms with Crippen LogP contribution >= 0.6 is 11.6 Å². The summed E-state index contributed by atoms with van der Waals surface area (Å²) in [5, 5.41) is 0.355. The summed E-state index contributed by atoms with van der Waals surface area (Å²) in [5.74, 6) is -0.125. The van der Waals surface area contributed by atoms with Crippen molar-refractivity contribution in [2.45, 2.75) is 20.5 Å². The number of methoxy groups -OCH3 is 1. The molecule has 0 N–H and O–H groups in total. The van der Waals surface area contributed by atoms with Crippen LogP contribution in [0.3, 0.4) is 0 Å². The fourth-order valence-electron chi connectivity index (χ4n) is 2.12. The molecule has 0 heterocycles. The normalized spacial score (nSPS) is 10.8. The van der Waals surface area contributed by atoms with E-state index in [1.165, 1.54) is 13.2 Å². The van der Waals surface area contributed by atoms with E-state index in [-0.39, 0.29) is 12.2 Å². The van der Waals surface area contributed by atoms with Crippen LogP contribution in [0.5, 0.6) is 5.75 Å². The van der Waals surface area contributed by atoms with Gasteiger partial charge in [0.05, 0.1) is 24.2 Å². The summed E-state index contributed by atoms with van der Waals surface area (Å²) in [6.07, 6.45) is 1.68. The van der Waals surface area contributed by atoms with Crippen molar-refractivity contribution >= 4 is 29.6 Å². The highest BCUT2D eigenvalue weighted by Crippen LogP contribution is 2.33. The van der Waals surface area contributed by atoms with Gasteiger partial charge in [0.25, 0.3) is 0 Å². The van der Waals surface area contributed by atoms with E-state index in [1.807, 2.05) is 50.1 Å². The largest absolute Gasteiger partial charge is 0.496 e. The number of carbonyl (C=O) groups excluding carboxylic acids is 1. The van der Waals surface area contributed by atoms with Crippen LogP contribution in [0.15, 0.2) is 41.4 Å². The lowest BCUT2D eigenvalue weighted by Gasteiger charge is -2.12. The summed E-state index contributed by atoms with van der Waals surface area (Å²) in [6, 6.07) is 11.0.